The van der Waals surface area contributed by atoms with Gasteiger partial charge >= 0.3 is 5.97 Å². The normalized spacial score (nSPS) is 18.4. The highest BCUT2D eigenvalue weighted by atomic mass is 16.5. The zero-order chi connectivity index (χ0) is 13.3. The van der Waals surface area contributed by atoms with Crippen LogP contribution in [0.3, 0.4) is 0 Å². The summed E-state index contributed by atoms with van der Waals surface area (Å²) < 4.78 is 10.5. The first kappa shape index (κ1) is 12.9. The predicted octanol–water partition coefficient (Wildman–Crippen LogP) is 2.08. The first-order chi connectivity index (χ1) is 8.44. The third-order valence-corrected chi connectivity index (χ3v) is 3.51. The summed E-state index contributed by atoms with van der Waals surface area (Å²) in [5, 5.41) is 0. The molecule has 1 aliphatic rings. The SMILES string of the molecule is COC(=O)c1ccc2c(c1)OCC(C)(C)N(C)C2. The Balaban J connectivity index is 2.33. The summed E-state index contributed by atoms with van der Waals surface area (Å²) in [6.45, 7) is 5.69. The quantitative estimate of drug-likeness (QED) is 0.714. The maximum atomic E-state index is 11.5. The predicted molar refractivity (Wildman–Crippen MR) is 68.8 cm³/mol. The summed E-state index contributed by atoms with van der Waals surface area (Å²) in [5.41, 5.74) is 1.60. The second kappa shape index (κ2) is 4.61. The number of esters is 1. The number of benzene rings is 1. The van der Waals surface area contributed by atoms with Gasteiger partial charge in [0.25, 0.3) is 0 Å². The van der Waals surface area contributed by atoms with E-state index in [0.717, 1.165) is 17.9 Å². The number of carbonyl (C=O) groups excluding carboxylic acids is 1. The monoisotopic (exact) mass is 249 g/mol. The number of nitrogens with zero attached hydrogens (tertiary/aromatic N) is 1. The molecule has 0 saturated heterocycles. The van der Waals surface area contributed by atoms with Gasteiger partial charge in [0.2, 0.25) is 0 Å². The molecule has 0 aromatic heterocycles. The molecule has 1 aromatic rings. The molecule has 0 bridgehead atoms. The summed E-state index contributed by atoms with van der Waals surface area (Å²) in [6.07, 6.45) is 0. The number of ether oxygens (including phenoxy) is 2. The smallest absolute Gasteiger partial charge is 0.337 e. The minimum absolute atomic E-state index is 0.0234. The lowest BCUT2D eigenvalue weighted by Gasteiger charge is -2.32. The maximum Gasteiger partial charge on any atom is 0.337 e. The van der Waals surface area contributed by atoms with Gasteiger partial charge in [-0.2, -0.15) is 0 Å². The van der Waals surface area contributed by atoms with Crippen molar-refractivity contribution in [2.24, 2.45) is 0 Å². The zero-order valence-corrected chi connectivity index (χ0v) is 11.3. The van der Waals surface area contributed by atoms with Crippen LogP contribution in [-0.4, -0.2) is 37.2 Å². The molecule has 2 rings (SSSR count). The van der Waals surface area contributed by atoms with Crippen LogP contribution in [0.15, 0.2) is 18.2 Å². The number of rotatable bonds is 1. The second-order valence-corrected chi connectivity index (χ2v) is 5.27. The Hall–Kier alpha value is -1.55. The van der Waals surface area contributed by atoms with Gasteiger partial charge in [-0.1, -0.05) is 6.07 Å². The molecule has 0 N–H and O–H groups in total. The average Bonchev–Trinajstić information content (AvgIpc) is 2.46. The van der Waals surface area contributed by atoms with Gasteiger partial charge in [0.1, 0.15) is 12.4 Å². The fourth-order valence-electron chi connectivity index (χ4n) is 1.90. The third-order valence-electron chi connectivity index (χ3n) is 3.51. The van der Waals surface area contributed by atoms with E-state index in [1.165, 1.54) is 7.11 Å². The Bertz CT molecular complexity index is 468. The van der Waals surface area contributed by atoms with Gasteiger partial charge < -0.3 is 9.47 Å². The summed E-state index contributed by atoms with van der Waals surface area (Å²) in [4.78, 5) is 13.7. The van der Waals surface area contributed by atoms with Crippen molar-refractivity contribution < 1.29 is 14.3 Å². The molecule has 1 heterocycles. The van der Waals surface area contributed by atoms with Crippen LogP contribution in [0.25, 0.3) is 0 Å². The van der Waals surface area contributed by atoms with E-state index >= 15 is 0 Å². The van der Waals surface area contributed by atoms with Crippen LogP contribution in [-0.2, 0) is 11.3 Å². The highest BCUT2D eigenvalue weighted by molar-refractivity contribution is 5.89. The summed E-state index contributed by atoms with van der Waals surface area (Å²) >= 11 is 0. The lowest BCUT2D eigenvalue weighted by molar-refractivity contribution is 0.0600. The van der Waals surface area contributed by atoms with Crippen LogP contribution in [0.5, 0.6) is 5.75 Å². The van der Waals surface area contributed by atoms with Crippen molar-refractivity contribution in [3.05, 3.63) is 29.3 Å². The van der Waals surface area contributed by atoms with E-state index in [1.54, 1.807) is 12.1 Å². The molecule has 0 saturated carbocycles. The Labute approximate surface area is 107 Å². The van der Waals surface area contributed by atoms with Gasteiger partial charge in [-0.15, -0.1) is 0 Å². The first-order valence-electron chi connectivity index (χ1n) is 5.99. The molecule has 1 aromatic carbocycles. The van der Waals surface area contributed by atoms with Crippen molar-refractivity contribution in [1.82, 2.24) is 4.90 Å². The van der Waals surface area contributed by atoms with Crippen molar-refractivity contribution in [2.75, 3.05) is 20.8 Å². The van der Waals surface area contributed by atoms with Gasteiger partial charge in [0.05, 0.1) is 12.7 Å². The Morgan fingerprint density at radius 3 is 2.83 bits per heavy atom. The van der Waals surface area contributed by atoms with E-state index in [9.17, 15) is 4.79 Å². The van der Waals surface area contributed by atoms with Crippen LogP contribution >= 0.6 is 0 Å². The van der Waals surface area contributed by atoms with E-state index in [1.807, 2.05) is 6.07 Å². The molecule has 0 atom stereocenters. The van der Waals surface area contributed by atoms with Crippen LogP contribution in [0, 0.1) is 0 Å². The molecular formula is C14H19NO3. The third kappa shape index (κ3) is 2.34. The fraction of sp³-hybridized carbons (Fsp3) is 0.500. The molecule has 18 heavy (non-hydrogen) atoms. The summed E-state index contributed by atoms with van der Waals surface area (Å²) in [7, 11) is 3.46. The number of carbonyl (C=O) groups is 1. The number of methoxy groups -OCH3 is 1. The largest absolute Gasteiger partial charge is 0.491 e. The Morgan fingerprint density at radius 2 is 2.17 bits per heavy atom. The fourth-order valence-corrected chi connectivity index (χ4v) is 1.90. The van der Waals surface area contributed by atoms with Gasteiger partial charge in [-0.3, -0.25) is 4.90 Å². The van der Waals surface area contributed by atoms with Crippen molar-refractivity contribution in [1.29, 1.82) is 0 Å². The molecule has 0 aliphatic carbocycles. The van der Waals surface area contributed by atoms with E-state index in [0.29, 0.717) is 12.2 Å². The second-order valence-electron chi connectivity index (χ2n) is 5.27. The molecule has 4 heteroatoms. The number of hydrogen-bond donors (Lipinski definition) is 0. The molecular weight excluding hydrogens is 230 g/mol. The molecule has 0 amide bonds. The van der Waals surface area contributed by atoms with Gasteiger partial charge in [-0.05, 0) is 33.0 Å². The van der Waals surface area contributed by atoms with E-state index in [-0.39, 0.29) is 11.5 Å². The van der Waals surface area contributed by atoms with Crippen molar-refractivity contribution in [3.8, 4) is 5.75 Å². The first-order valence-corrected chi connectivity index (χ1v) is 5.99. The Kier molecular flexibility index (Phi) is 3.30. The molecule has 0 spiro atoms. The highest BCUT2D eigenvalue weighted by Crippen LogP contribution is 2.29. The van der Waals surface area contributed by atoms with E-state index in [4.69, 9.17) is 9.47 Å². The molecule has 98 valence electrons. The van der Waals surface area contributed by atoms with Crippen molar-refractivity contribution in [3.63, 3.8) is 0 Å². The van der Waals surface area contributed by atoms with Crippen LogP contribution < -0.4 is 4.74 Å². The molecule has 0 fully saturated rings. The van der Waals surface area contributed by atoms with E-state index in [2.05, 4.69) is 25.8 Å². The van der Waals surface area contributed by atoms with Crippen molar-refractivity contribution >= 4 is 5.97 Å². The molecule has 0 unspecified atom stereocenters. The number of likely N-dealkylation sites (N-methyl/N-ethyl adjacent to an activating group) is 1. The van der Waals surface area contributed by atoms with Crippen LogP contribution in [0.2, 0.25) is 0 Å². The van der Waals surface area contributed by atoms with Crippen LogP contribution in [0.4, 0.5) is 0 Å². The lowest BCUT2D eigenvalue weighted by Crippen LogP contribution is -2.43. The lowest BCUT2D eigenvalue weighted by atomic mass is 10.0. The van der Waals surface area contributed by atoms with Crippen molar-refractivity contribution in [2.45, 2.75) is 25.9 Å². The minimum atomic E-state index is -0.335. The standard InChI is InChI=1S/C14H19NO3/c1-14(2)9-18-12-7-10(13(16)17-4)5-6-11(12)8-15(14)3/h5-7H,8-9H2,1-4H3. The van der Waals surface area contributed by atoms with Gasteiger partial charge in [0, 0.05) is 17.6 Å². The maximum absolute atomic E-state index is 11.5. The zero-order valence-electron chi connectivity index (χ0n) is 11.3. The number of hydrogen-bond acceptors (Lipinski definition) is 4. The van der Waals surface area contributed by atoms with E-state index < -0.39 is 0 Å². The average molecular weight is 249 g/mol. The minimum Gasteiger partial charge on any atom is -0.491 e. The molecule has 4 nitrogen and oxygen atoms in total. The van der Waals surface area contributed by atoms with Gasteiger partial charge in [0.15, 0.2) is 0 Å². The Morgan fingerprint density at radius 1 is 1.44 bits per heavy atom. The molecule has 0 radical (unpaired) electrons. The number of fused-ring (bicyclic) bond motifs is 1. The highest BCUT2D eigenvalue weighted by Gasteiger charge is 2.29. The van der Waals surface area contributed by atoms with Gasteiger partial charge in [-0.25, -0.2) is 4.79 Å². The topological polar surface area (TPSA) is 38.8 Å². The summed E-state index contributed by atoms with van der Waals surface area (Å²) in [6, 6.07) is 5.47. The summed E-state index contributed by atoms with van der Waals surface area (Å²) in [5.74, 6) is 0.439. The molecule has 1 aliphatic heterocycles. The van der Waals surface area contributed by atoms with Crippen LogP contribution in [0.1, 0.15) is 29.8 Å².